The van der Waals surface area contributed by atoms with Crippen molar-refractivity contribution in [2.75, 3.05) is 13.2 Å². The van der Waals surface area contributed by atoms with Crippen molar-refractivity contribution in [2.24, 2.45) is 5.73 Å². The molecule has 0 bridgehead atoms. The van der Waals surface area contributed by atoms with Crippen molar-refractivity contribution in [3.05, 3.63) is 36.0 Å². The summed E-state index contributed by atoms with van der Waals surface area (Å²) in [5.74, 6) is 0.325. The predicted molar refractivity (Wildman–Crippen MR) is 61.0 cm³/mol. The van der Waals surface area contributed by atoms with E-state index in [2.05, 4.69) is 10.1 Å². The van der Waals surface area contributed by atoms with Gasteiger partial charge in [0.05, 0.1) is 6.61 Å². The average molecular weight is 249 g/mol. The molecule has 1 aromatic carbocycles. The van der Waals surface area contributed by atoms with Crippen molar-refractivity contribution in [3.8, 4) is 11.4 Å². The third-order valence-corrected chi connectivity index (χ3v) is 2.99. The predicted octanol–water partition coefficient (Wildman–Crippen LogP) is 1.45. The SMILES string of the molecule is NC1(c2nc(-c3cccc(F)c3)no2)CCOC1. The first-order chi connectivity index (χ1) is 8.67. The molecule has 2 N–H and O–H groups in total. The molecule has 94 valence electrons. The van der Waals surface area contributed by atoms with E-state index in [-0.39, 0.29) is 5.82 Å². The Morgan fingerprint density at radius 2 is 2.28 bits per heavy atom. The molecule has 2 aromatic rings. The number of aromatic nitrogens is 2. The monoisotopic (exact) mass is 249 g/mol. The van der Waals surface area contributed by atoms with Crippen LogP contribution in [0.15, 0.2) is 28.8 Å². The second kappa shape index (κ2) is 4.15. The lowest BCUT2D eigenvalue weighted by Gasteiger charge is -2.14. The molecule has 1 fully saturated rings. The molecule has 0 saturated carbocycles. The number of benzene rings is 1. The van der Waals surface area contributed by atoms with Gasteiger partial charge in [0.15, 0.2) is 0 Å². The maximum atomic E-state index is 13.1. The Kier molecular flexibility index (Phi) is 2.61. The highest BCUT2D eigenvalue weighted by atomic mass is 19.1. The van der Waals surface area contributed by atoms with Gasteiger partial charge < -0.3 is 15.0 Å². The van der Waals surface area contributed by atoms with Crippen molar-refractivity contribution >= 4 is 0 Å². The quantitative estimate of drug-likeness (QED) is 0.871. The molecule has 1 unspecified atom stereocenters. The minimum atomic E-state index is -0.724. The Morgan fingerprint density at radius 3 is 3.00 bits per heavy atom. The number of ether oxygens (including phenoxy) is 1. The van der Waals surface area contributed by atoms with Crippen molar-refractivity contribution in [2.45, 2.75) is 12.0 Å². The van der Waals surface area contributed by atoms with Crippen molar-refractivity contribution in [1.29, 1.82) is 0 Å². The highest BCUT2D eigenvalue weighted by Crippen LogP contribution is 2.28. The van der Waals surface area contributed by atoms with Crippen LogP contribution in [0.4, 0.5) is 4.39 Å². The van der Waals surface area contributed by atoms with Gasteiger partial charge in [-0.3, -0.25) is 0 Å². The van der Waals surface area contributed by atoms with E-state index < -0.39 is 5.54 Å². The van der Waals surface area contributed by atoms with E-state index in [0.29, 0.717) is 36.9 Å². The second-order valence-electron chi connectivity index (χ2n) is 4.39. The van der Waals surface area contributed by atoms with Gasteiger partial charge >= 0.3 is 0 Å². The van der Waals surface area contributed by atoms with Crippen LogP contribution in [0, 0.1) is 5.82 Å². The fraction of sp³-hybridized carbons (Fsp3) is 0.333. The first-order valence-electron chi connectivity index (χ1n) is 5.64. The summed E-state index contributed by atoms with van der Waals surface area (Å²) in [6.07, 6.45) is 0.637. The molecule has 1 atom stereocenters. The number of hydrogen-bond acceptors (Lipinski definition) is 5. The van der Waals surface area contributed by atoms with Gasteiger partial charge in [0, 0.05) is 12.2 Å². The van der Waals surface area contributed by atoms with Crippen LogP contribution in [0.5, 0.6) is 0 Å². The average Bonchev–Trinajstić information content (AvgIpc) is 2.98. The van der Waals surface area contributed by atoms with E-state index >= 15 is 0 Å². The molecule has 0 radical (unpaired) electrons. The second-order valence-corrected chi connectivity index (χ2v) is 4.39. The molecule has 1 aliphatic heterocycles. The lowest BCUT2D eigenvalue weighted by atomic mass is 10.0. The van der Waals surface area contributed by atoms with Crippen molar-refractivity contribution in [3.63, 3.8) is 0 Å². The highest BCUT2D eigenvalue weighted by Gasteiger charge is 2.38. The minimum absolute atomic E-state index is 0.333. The summed E-state index contributed by atoms with van der Waals surface area (Å²) in [5, 5.41) is 3.83. The molecule has 5 nitrogen and oxygen atoms in total. The molecule has 1 aromatic heterocycles. The Balaban J connectivity index is 1.94. The molecule has 3 rings (SSSR count). The van der Waals surface area contributed by atoms with Crippen LogP contribution in [0.25, 0.3) is 11.4 Å². The van der Waals surface area contributed by atoms with Crippen LogP contribution >= 0.6 is 0 Å². The van der Waals surface area contributed by atoms with Gasteiger partial charge in [0.2, 0.25) is 11.7 Å². The van der Waals surface area contributed by atoms with Crippen LogP contribution in [-0.4, -0.2) is 23.4 Å². The van der Waals surface area contributed by atoms with Crippen molar-refractivity contribution in [1.82, 2.24) is 10.1 Å². The van der Waals surface area contributed by atoms with Gasteiger partial charge in [0.1, 0.15) is 11.4 Å². The molecule has 0 spiro atoms. The van der Waals surface area contributed by atoms with Gasteiger partial charge in [-0.05, 0) is 18.6 Å². The van der Waals surface area contributed by atoms with E-state index in [4.69, 9.17) is 15.0 Å². The number of halogens is 1. The summed E-state index contributed by atoms with van der Waals surface area (Å²) in [6, 6.07) is 6.02. The molecular formula is C12H12FN3O2. The van der Waals surface area contributed by atoms with Crippen LogP contribution in [0.3, 0.4) is 0 Å². The summed E-state index contributed by atoms with van der Waals surface area (Å²) in [7, 11) is 0. The molecular weight excluding hydrogens is 237 g/mol. The van der Waals surface area contributed by atoms with E-state index in [1.165, 1.54) is 12.1 Å². The van der Waals surface area contributed by atoms with Gasteiger partial charge in [-0.15, -0.1) is 0 Å². The zero-order valence-corrected chi connectivity index (χ0v) is 9.60. The zero-order chi connectivity index (χ0) is 12.6. The van der Waals surface area contributed by atoms with Gasteiger partial charge in [0.25, 0.3) is 0 Å². The molecule has 2 heterocycles. The van der Waals surface area contributed by atoms with Crippen LogP contribution < -0.4 is 5.73 Å². The number of nitrogens with two attached hydrogens (primary N) is 1. The summed E-state index contributed by atoms with van der Waals surface area (Å²) in [4.78, 5) is 4.23. The summed E-state index contributed by atoms with van der Waals surface area (Å²) in [6.45, 7) is 0.936. The van der Waals surface area contributed by atoms with Crippen LogP contribution in [0.2, 0.25) is 0 Å². The maximum Gasteiger partial charge on any atom is 0.249 e. The van der Waals surface area contributed by atoms with Gasteiger partial charge in [-0.25, -0.2) is 4.39 Å². The lowest BCUT2D eigenvalue weighted by Crippen LogP contribution is -2.37. The minimum Gasteiger partial charge on any atom is -0.379 e. The highest BCUT2D eigenvalue weighted by molar-refractivity contribution is 5.54. The maximum absolute atomic E-state index is 13.1. The fourth-order valence-electron chi connectivity index (χ4n) is 1.92. The largest absolute Gasteiger partial charge is 0.379 e. The number of hydrogen-bond donors (Lipinski definition) is 1. The zero-order valence-electron chi connectivity index (χ0n) is 9.60. The molecule has 18 heavy (non-hydrogen) atoms. The summed E-state index contributed by atoms with van der Waals surface area (Å²) in [5.41, 5.74) is 5.95. The fourth-order valence-corrected chi connectivity index (χ4v) is 1.92. The lowest BCUT2D eigenvalue weighted by molar-refractivity contribution is 0.166. The Morgan fingerprint density at radius 1 is 1.39 bits per heavy atom. The van der Waals surface area contributed by atoms with E-state index in [0.717, 1.165) is 0 Å². The first-order valence-corrected chi connectivity index (χ1v) is 5.64. The Hall–Kier alpha value is -1.79. The normalized spacial score (nSPS) is 23.4. The molecule has 0 aliphatic carbocycles. The molecule has 1 aliphatic rings. The number of nitrogens with zero attached hydrogens (tertiary/aromatic N) is 2. The first kappa shape index (κ1) is 11.3. The van der Waals surface area contributed by atoms with Crippen molar-refractivity contribution < 1.29 is 13.7 Å². The topological polar surface area (TPSA) is 74.2 Å². The summed E-state index contributed by atoms with van der Waals surface area (Å²) < 4.78 is 23.5. The number of rotatable bonds is 2. The molecule has 6 heteroatoms. The standard InChI is InChI=1S/C12H12FN3O2/c13-9-3-1-2-8(6-9)10-15-11(18-16-10)12(14)4-5-17-7-12/h1-3,6H,4-5,7,14H2. The third-order valence-electron chi connectivity index (χ3n) is 2.99. The van der Waals surface area contributed by atoms with E-state index in [1.807, 2.05) is 0 Å². The van der Waals surface area contributed by atoms with E-state index in [9.17, 15) is 4.39 Å². The molecule has 1 saturated heterocycles. The Bertz CT molecular complexity index is 564. The van der Waals surface area contributed by atoms with Gasteiger partial charge in [-0.2, -0.15) is 4.98 Å². The van der Waals surface area contributed by atoms with Crippen LogP contribution in [0.1, 0.15) is 12.3 Å². The van der Waals surface area contributed by atoms with Crippen LogP contribution in [-0.2, 0) is 10.3 Å². The van der Waals surface area contributed by atoms with Gasteiger partial charge in [-0.1, -0.05) is 17.3 Å². The third kappa shape index (κ3) is 1.89. The molecule has 0 amide bonds. The Labute approximate surface area is 103 Å². The van der Waals surface area contributed by atoms with E-state index in [1.54, 1.807) is 12.1 Å². The smallest absolute Gasteiger partial charge is 0.249 e. The summed E-state index contributed by atoms with van der Waals surface area (Å²) >= 11 is 0.